The second-order valence-electron chi connectivity index (χ2n) is 4.54. The summed E-state index contributed by atoms with van der Waals surface area (Å²) in [5, 5.41) is 3.28. The highest BCUT2D eigenvalue weighted by Crippen LogP contribution is 2.24. The van der Waals surface area contributed by atoms with Crippen LogP contribution in [0.25, 0.3) is 0 Å². The maximum Gasteiger partial charge on any atom is 0.131 e. The zero-order valence-electron chi connectivity index (χ0n) is 11.1. The zero-order valence-corrected chi connectivity index (χ0v) is 11.1. The second kappa shape index (κ2) is 5.83. The first-order valence-electron chi connectivity index (χ1n) is 6.41. The van der Waals surface area contributed by atoms with Crippen LogP contribution >= 0.6 is 0 Å². The highest BCUT2D eigenvalue weighted by Gasteiger charge is 2.12. The molecule has 0 saturated carbocycles. The van der Waals surface area contributed by atoms with Crippen molar-refractivity contribution in [2.45, 2.75) is 26.3 Å². The molecule has 0 bridgehead atoms. The van der Waals surface area contributed by atoms with Gasteiger partial charge in [0, 0.05) is 17.3 Å². The molecule has 1 N–H and O–H groups in total. The molecular weight excluding hydrogens is 244 g/mol. The quantitative estimate of drug-likeness (QED) is 0.841. The lowest BCUT2D eigenvalue weighted by Crippen LogP contribution is -2.10. The van der Waals surface area contributed by atoms with Crippen LogP contribution in [-0.4, -0.2) is 0 Å². The summed E-state index contributed by atoms with van der Waals surface area (Å²) in [5.74, 6) is -1.07. The fraction of sp³-hybridized carbons (Fsp3) is 0.250. The van der Waals surface area contributed by atoms with E-state index in [0.29, 0.717) is 5.56 Å². The second-order valence-corrected chi connectivity index (χ2v) is 4.54. The van der Waals surface area contributed by atoms with Gasteiger partial charge in [-0.25, -0.2) is 8.78 Å². The summed E-state index contributed by atoms with van der Waals surface area (Å²) in [5.41, 5.74) is 2.63. The number of nitrogens with one attached hydrogen (secondary N) is 1. The van der Waals surface area contributed by atoms with Gasteiger partial charge in [0.15, 0.2) is 0 Å². The van der Waals surface area contributed by atoms with Gasteiger partial charge in [-0.05, 0) is 31.0 Å². The van der Waals surface area contributed by atoms with Crippen LogP contribution in [0, 0.1) is 11.6 Å². The topological polar surface area (TPSA) is 12.0 Å². The van der Waals surface area contributed by atoms with Crippen molar-refractivity contribution >= 4 is 5.69 Å². The number of hydrogen-bond donors (Lipinski definition) is 1. The molecule has 19 heavy (non-hydrogen) atoms. The maximum atomic E-state index is 13.7. The van der Waals surface area contributed by atoms with Gasteiger partial charge in [-0.15, -0.1) is 0 Å². The number of aryl methyl sites for hydroxylation is 1. The Morgan fingerprint density at radius 1 is 1.11 bits per heavy atom. The van der Waals surface area contributed by atoms with E-state index in [4.69, 9.17) is 0 Å². The lowest BCUT2D eigenvalue weighted by molar-refractivity contribution is 0.566. The van der Waals surface area contributed by atoms with E-state index >= 15 is 0 Å². The van der Waals surface area contributed by atoms with E-state index < -0.39 is 11.6 Å². The molecule has 2 aromatic carbocycles. The third-order valence-corrected chi connectivity index (χ3v) is 3.20. The number of hydrogen-bond acceptors (Lipinski definition) is 1. The molecular formula is C16H17F2N. The van der Waals surface area contributed by atoms with Gasteiger partial charge in [-0.3, -0.25) is 0 Å². The van der Waals surface area contributed by atoms with Crippen LogP contribution in [0.1, 0.15) is 31.0 Å². The minimum atomic E-state index is -0.553. The van der Waals surface area contributed by atoms with Gasteiger partial charge >= 0.3 is 0 Å². The molecule has 1 atom stereocenters. The van der Waals surface area contributed by atoms with Crippen LogP contribution in [0.5, 0.6) is 0 Å². The Hall–Kier alpha value is -1.90. The summed E-state index contributed by atoms with van der Waals surface area (Å²) in [4.78, 5) is 0. The molecule has 0 aliphatic carbocycles. The van der Waals surface area contributed by atoms with Crippen molar-refractivity contribution in [1.82, 2.24) is 0 Å². The first-order valence-corrected chi connectivity index (χ1v) is 6.41. The molecule has 1 nitrogen and oxygen atoms in total. The van der Waals surface area contributed by atoms with Crippen molar-refractivity contribution in [3.05, 3.63) is 65.2 Å². The van der Waals surface area contributed by atoms with Crippen LogP contribution in [0.3, 0.4) is 0 Å². The molecule has 100 valence electrons. The Labute approximate surface area is 112 Å². The number of benzene rings is 2. The van der Waals surface area contributed by atoms with Crippen LogP contribution in [0.4, 0.5) is 14.5 Å². The average Bonchev–Trinajstić information content (AvgIpc) is 2.39. The summed E-state index contributed by atoms with van der Waals surface area (Å²) in [6.45, 7) is 3.94. The summed E-state index contributed by atoms with van der Waals surface area (Å²) in [6.07, 6.45) is 0.905. The monoisotopic (exact) mass is 261 g/mol. The predicted molar refractivity (Wildman–Crippen MR) is 74.2 cm³/mol. The lowest BCUT2D eigenvalue weighted by atomic mass is 10.1. The smallest absolute Gasteiger partial charge is 0.131 e. The predicted octanol–water partition coefficient (Wildman–Crippen LogP) is 4.70. The van der Waals surface area contributed by atoms with Gasteiger partial charge in [-0.1, -0.05) is 31.2 Å². The standard InChI is InChI=1S/C16H17F2N/c1-3-12-6-4-5-7-16(12)19-11(2)14-9-8-13(17)10-15(14)18/h4-11,19H,3H2,1-2H3. The van der Waals surface area contributed by atoms with E-state index in [2.05, 4.69) is 12.2 Å². The van der Waals surface area contributed by atoms with Crippen molar-refractivity contribution in [2.24, 2.45) is 0 Å². The van der Waals surface area contributed by atoms with E-state index in [1.807, 2.05) is 31.2 Å². The molecule has 2 aromatic rings. The minimum Gasteiger partial charge on any atom is -0.378 e. The van der Waals surface area contributed by atoms with Crippen molar-refractivity contribution in [2.75, 3.05) is 5.32 Å². The van der Waals surface area contributed by atoms with E-state index in [9.17, 15) is 8.78 Å². The van der Waals surface area contributed by atoms with E-state index in [0.717, 1.165) is 18.2 Å². The Morgan fingerprint density at radius 2 is 1.84 bits per heavy atom. The number of anilines is 1. The molecule has 0 heterocycles. The zero-order chi connectivity index (χ0) is 13.8. The van der Waals surface area contributed by atoms with Crippen molar-refractivity contribution in [3.8, 4) is 0 Å². The average molecular weight is 261 g/mol. The summed E-state index contributed by atoms with van der Waals surface area (Å²) in [6, 6.07) is 11.4. The van der Waals surface area contributed by atoms with Gasteiger partial charge in [0.2, 0.25) is 0 Å². The van der Waals surface area contributed by atoms with Gasteiger partial charge < -0.3 is 5.32 Å². The fourth-order valence-electron chi connectivity index (χ4n) is 2.13. The van der Waals surface area contributed by atoms with Crippen molar-refractivity contribution < 1.29 is 8.78 Å². The van der Waals surface area contributed by atoms with Crippen LogP contribution < -0.4 is 5.32 Å². The third kappa shape index (κ3) is 3.11. The van der Waals surface area contributed by atoms with Crippen molar-refractivity contribution in [1.29, 1.82) is 0 Å². The van der Waals surface area contributed by atoms with Gasteiger partial charge in [0.25, 0.3) is 0 Å². The molecule has 0 aliphatic heterocycles. The Morgan fingerprint density at radius 3 is 2.53 bits per heavy atom. The minimum absolute atomic E-state index is 0.215. The molecule has 0 saturated heterocycles. The first kappa shape index (κ1) is 13.5. The summed E-state index contributed by atoms with van der Waals surface area (Å²) < 4.78 is 26.6. The molecule has 1 unspecified atom stereocenters. The Kier molecular flexibility index (Phi) is 4.15. The van der Waals surface area contributed by atoms with E-state index in [1.165, 1.54) is 17.7 Å². The molecule has 3 heteroatoms. The lowest BCUT2D eigenvalue weighted by Gasteiger charge is -2.18. The summed E-state index contributed by atoms with van der Waals surface area (Å²) >= 11 is 0. The molecule has 2 rings (SSSR count). The Balaban J connectivity index is 2.23. The van der Waals surface area contributed by atoms with Gasteiger partial charge in [0.1, 0.15) is 11.6 Å². The SMILES string of the molecule is CCc1ccccc1NC(C)c1ccc(F)cc1F. The fourth-order valence-corrected chi connectivity index (χ4v) is 2.13. The highest BCUT2D eigenvalue weighted by molar-refractivity contribution is 5.52. The molecule has 0 aliphatic rings. The molecule has 0 amide bonds. The Bertz CT molecular complexity index is 566. The molecule has 0 radical (unpaired) electrons. The van der Waals surface area contributed by atoms with Crippen LogP contribution in [0.2, 0.25) is 0 Å². The van der Waals surface area contributed by atoms with E-state index in [-0.39, 0.29) is 6.04 Å². The number of halogens is 2. The first-order chi connectivity index (χ1) is 9.11. The van der Waals surface area contributed by atoms with Gasteiger partial charge in [0.05, 0.1) is 6.04 Å². The molecule has 0 fully saturated rings. The number of rotatable bonds is 4. The maximum absolute atomic E-state index is 13.7. The third-order valence-electron chi connectivity index (χ3n) is 3.20. The summed E-state index contributed by atoms with van der Waals surface area (Å²) in [7, 11) is 0. The molecule has 0 spiro atoms. The normalized spacial score (nSPS) is 12.2. The van der Waals surface area contributed by atoms with Gasteiger partial charge in [-0.2, -0.15) is 0 Å². The highest BCUT2D eigenvalue weighted by atomic mass is 19.1. The number of para-hydroxylation sites is 1. The van der Waals surface area contributed by atoms with Crippen molar-refractivity contribution in [3.63, 3.8) is 0 Å². The van der Waals surface area contributed by atoms with E-state index in [1.54, 1.807) is 0 Å². The van der Waals surface area contributed by atoms with Crippen LogP contribution in [0.15, 0.2) is 42.5 Å². The van der Waals surface area contributed by atoms with Crippen LogP contribution in [-0.2, 0) is 6.42 Å². The molecule has 0 aromatic heterocycles. The largest absolute Gasteiger partial charge is 0.378 e.